The first kappa shape index (κ1) is 12.2. The Bertz CT molecular complexity index is 598. The number of likely N-dealkylation sites (tertiary alicyclic amines) is 1. The molecule has 0 aromatic carbocycles. The number of fused-ring (bicyclic) bond motifs is 1. The molecule has 1 aliphatic heterocycles. The quantitative estimate of drug-likeness (QED) is 0.829. The van der Waals surface area contributed by atoms with Gasteiger partial charge >= 0.3 is 5.69 Å². The summed E-state index contributed by atoms with van der Waals surface area (Å²) >= 11 is 0. The number of aromatic nitrogens is 4. The molecule has 3 heterocycles. The van der Waals surface area contributed by atoms with Crippen molar-refractivity contribution in [1.29, 1.82) is 0 Å². The van der Waals surface area contributed by atoms with Crippen LogP contribution in [0.25, 0.3) is 5.65 Å². The van der Waals surface area contributed by atoms with E-state index in [0.717, 1.165) is 18.9 Å². The lowest BCUT2D eigenvalue weighted by Gasteiger charge is -2.26. The number of aromatic amines is 1. The lowest BCUT2D eigenvalue weighted by atomic mass is 10.1. The fourth-order valence-corrected chi connectivity index (χ4v) is 2.43. The number of anilines is 1. The van der Waals surface area contributed by atoms with E-state index in [1.54, 1.807) is 6.07 Å². The number of nitrogens with one attached hydrogen (secondary N) is 2. The largest absolute Gasteiger partial charge is 0.369 e. The van der Waals surface area contributed by atoms with E-state index >= 15 is 0 Å². The minimum absolute atomic E-state index is 0.262. The van der Waals surface area contributed by atoms with Crippen LogP contribution in [0, 0.1) is 0 Å². The van der Waals surface area contributed by atoms with Crippen LogP contribution < -0.4 is 11.0 Å². The van der Waals surface area contributed by atoms with E-state index in [-0.39, 0.29) is 5.69 Å². The smallest absolute Gasteiger partial charge is 0.348 e. The second-order valence-electron chi connectivity index (χ2n) is 4.86. The van der Waals surface area contributed by atoms with Crippen molar-refractivity contribution in [3.8, 4) is 0 Å². The zero-order valence-electron chi connectivity index (χ0n) is 10.8. The monoisotopic (exact) mass is 262 g/mol. The van der Waals surface area contributed by atoms with Gasteiger partial charge in [-0.05, 0) is 25.9 Å². The molecule has 0 saturated carbocycles. The van der Waals surface area contributed by atoms with E-state index in [4.69, 9.17) is 0 Å². The van der Waals surface area contributed by atoms with Gasteiger partial charge in [0.1, 0.15) is 12.1 Å². The summed E-state index contributed by atoms with van der Waals surface area (Å²) < 4.78 is 1.38. The maximum Gasteiger partial charge on any atom is 0.348 e. The average Bonchev–Trinajstić information content (AvgIpc) is 2.81. The standard InChI is InChI=1S/C12H18N6O/c19-12-16-15-11-8-10(14-9-18(11)12)13-4-7-17-5-2-1-3-6-17/h8-9,13H,1-7H2,(H,16,19). The van der Waals surface area contributed by atoms with E-state index < -0.39 is 0 Å². The van der Waals surface area contributed by atoms with Gasteiger partial charge in [0, 0.05) is 19.2 Å². The first-order chi connectivity index (χ1) is 9.33. The molecule has 7 nitrogen and oxygen atoms in total. The molecule has 0 amide bonds. The minimum Gasteiger partial charge on any atom is -0.369 e. The zero-order valence-corrected chi connectivity index (χ0v) is 10.8. The van der Waals surface area contributed by atoms with Gasteiger partial charge in [-0.15, -0.1) is 0 Å². The van der Waals surface area contributed by atoms with Gasteiger partial charge < -0.3 is 10.2 Å². The highest BCUT2D eigenvalue weighted by molar-refractivity contribution is 5.48. The van der Waals surface area contributed by atoms with Crippen LogP contribution in [-0.2, 0) is 0 Å². The molecule has 1 fully saturated rings. The van der Waals surface area contributed by atoms with Crippen LogP contribution in [0.2, 0.25) is 0 Å². The Labute approximate surface area is 110 Å². The summed E-state index contributed by atoms with van der Waals surface area (Å²) in [6.45, 7) is 4.28. The van der Waals surface area contributed by atoms with Gasteiger partial charge in [-0.1, -0.05) is 6.42 Å². The van der Waals surface area contributed by atoms with E-state index in [1.807, 2.05) is 0 Å². The number of hydrogen-bond acceptors (Lipinski definition) is 5. The van der Waals surface area contributed by atoms with Crippen molar-refractivity contribution in [2.45, 2.75) is 19.3 Å². The topological polar surface area (TPSA) is 78.3 Å². The maximum atomic E-state index is 11.3. The van der Waals surface area contributed by atoms with Crippen molar-refractivity contribution in [1.82, 2.24) is 24.5 Å². The van der Waals surface area contributed by atoms with Crippen LogP contribution >= 0.6 is 0 Å². The number of H-pyrrole nitrogens is 1. The summed E-state index contributed by atoms with van der Waals surface area (Å²) in [5.41, 5.74) is 0.322. The molecule has 0 atom stereocenters. The number of piperidine rings is 1. The van der Waals surface area contributed by atoms with Crippen molar-refractivity contribution < 1.29 is 0 Å². The van der Waals surface area contributed by atoms with Gasteiger partial charge in [0.15, 0.2) is 5.65 Å². The number of hydrogen-bond donors (Lipinski definition) is 2. The predicted molar refractivity (Wildman–Crippen MR) is 72.4 cm³/mol. The molecule has 0 unspecified atom stereocenters. The molecule has 2 N–H and O–H groups in total. The second-order valence-corrected chi connectivity index (χ2v) is 4.86. The summed E-state index contributed by atoms with van der Waals surface area (Å²) in [5.74, 6) is 0.753. The van der Waals surface area contributed by atoms with Crippen molar-refractivity contribution >= 4 is 11.5 Å². The summed E-state index contributed by atoms with van der Waals surface area (Å²) in [6.07, 6.45) is 5.46. The number of rotatable bonds is 4. The molecule has 2 aromatic rings. The summed E-state index contributed by atoms with van der Waals surface area (Å²) in [6, 6.07) is 1.77. The Kier molecular flexibility index (Phi) is 3.45. The first-order valence-electron chi connectivity index (χ1n) is 6.72. The molecule has 7 heteroatoms. The Morgan fingerprint density at radius 2 is 2.16 bits per heavy atom. The van der Waals surface area contributed by atoms with Gasteiger partial charge in [0.25, 0.3) is 0 Å². The van der Waals surface area contributed by atoms with Gasteiger partial charge in [0.2, 0.25) is 0 Å². The van der Waals surface area contributed by atoms with Crippen LogP contribution in [0.15, 0.2) is 17.2 Å². The first-order valence-corrected chi connectivity index (χ1v) is 6.72. The Hall–Kier alpha value is -1.89. The van der Waals surface area contributed by atoms with Crippen LogP contribution in [0.1, 0.15) is 19.3 Å². The van der Waals surface area contributed by atoms with E-state index in [1.165, 1.54) is 43.1 Å². The van der Waals surface area contributed by atoms with Gasteiger partial charge in [0.05, 0.1) is 0 Å². The molecule has 0 aliphatic carbocycles. The Morgan fingerprint density at radius 1 is 1.32 bits per heavy atom. The summed E-state index contributed by atoms with van der Waals surface area (Å²) in [7, 11) is 0. The third kappa shape index (κ3) is 2.76. The van der Waals surface area contributed by atoms with Crippen molar-refractivity contribution in [2.75, 3.05) is 31.5 Å². The van der Waals surface area contributed by atoms with Crippen molar-refractivity contribution in [2.24, 2.45) is 0 Å². The fraction of sp³-hybridized carbons (Fsp3) is 0.583. The molecular weight excluding hydrogens is 244 g/mol. The number of nitrogens with zero attached hydrogens (tertiary/aromatic N) is 4. The molecule has 3 rings (SSSR count). The lowest BCUT2D eigenvalue weighted by Crippen LogP contribution is -2.33. The molecule has 19 heavy (non-hydrogen) atoms. The summed E-state index contributed by atoms with van der Waals surface area (Å²) in [4.78, 5) is 18.0. The average molecular weight is 262 g/mol. The lowest BCUT2D eigenvalue weighted by molar-refractivity contribution is 0.237. The van der Waals surface area contributed by atoms with Gasteiger partial charge in [-0.25, -0.2) is 19.3 Å². The third-order valence-electron chi connectivity index (χ3n) is 3.49. The summed E-state index contributed by atoms with van der Waals surface area (Å²) in [5, 5.41) is 9.58. The maximum absolute atomic E-state index is 11.3. The van der Waals surface area contributed by atoms with Crippen LogP contribution in [0.3, 0.4) is 0 Å². The highest BCUT2D eigenvalue weighted by Gasteiger charge is 2.09. The van der Waals surface area contributed by atoms with Crippen molar-refractivity contribution in [3.63, 3.8) is 0 Å². The molecule has 0 spiro atoms. The molecule has 0 radical (unpaired) electrons. The van der Waals surface area contributed by atoms with Gasteiger partial charge in [-0.3, -0.25) is 0 Å². The minimum atomic E-state index is -0.262. The van der Waals surface area contributed by atoms with E-state index in [0.29, 0.717) is 5.65 Å². The molecule has 2 aromatic heterocycles. The highest BCUT2D eigenvalue weighted by atomic mass is 16.1. The van der Waals surface area contributed by atoms with Crippen LogP contribution in [0.5, 0.6) is 0 Å². The third-order valence-corrected chi connectivity index (χ3v) is 3.49. The fourth-order valence-electron chi connectivity index (χ4n) is 2.43. The normalized spacial score (nSPS) is 16.8. The molecule has 0 bridgehead atoms. The SMILES string of the molecule is O=c1[nH]nc2cc(NCCN3CCCCC3)ncn12. The van der Waals surface area contributed by atoms with Crippen LogP contribution in [0.4, 0.5) is 5.82 Å². The predicted octanol–water partition coefficient (Wildman–Crippen LogP) is 0.315. The van der Waals surface area contributed by atoms with Gasteiger partial charge in [-0.2, -0.15) is 5.10 Å². The Morgan fingerprint density at radius 3 is 3.00 bits per heavy atom. The van der Waals surface area contributed by atoms with Crippen LogP contribution in [-0.4, -0.2) is 50.7 Å². The molecule has 102 valence electrons. The second kappa shape index (κ2) is 5.40. The molecular formula is C12H18N6O. The van der Waals surface area contributed by atoms with E-state index in [9.17, 15) is 4.79 Å². The highest BCUT2D eigenvalue weighted by Crippen LogP contribution is 2.08. The Balaban J connectivity index is 1.57. The van der Waals surface area contributed by atoms with E-state index in [2.05, 4.69) is 25.4 Å². The molecule has 1 saturated heterocycles. The van der Waals surface area contributed by atoms with Crippen molar-refractivity contribution in [3.05, 3.63) is 22.9 Å². The zero-order chi connectivity index (χ0) is 13.1. The molecule has 1 aliphatic rings.